The second kappa shape index (κ2) is 31.1. The summed E-state index contributed by atoms with van der Waals surface area (Å²) in [6.45, 7) is -4.55. The predicted molar refractivity (Wildman–Crippen MR) is 167 cm³/mol. The summed E-state index contributed by atoms with van der Waals surface area (Å²) in [6, 6.07) is -8.53. The third-order valence-corrected chi connectivity index (χ3v) is 6.82. The summed E-state index contributed by atoms with van der Waals surface area (Å²) in [5.74, 6) is -8.01. The van der Waals surface area contributed by atoms with Gasteiger partial charge in [0.05, 0.1) is 0 Å². The summed E-state index contributed by atoms with van der Waals surface area (Å²) in [4.78, 5) is 63.6. The number of carbonyl (C=O) groups is 6. The first-order chi connectivity index (χ1) is 22.3. The molecule has 0 aromatic rings. The van der Waals surface area contributed by atoms with Gasteiger partial charge in [-0.05, 0) is 39.3 Å². The maximum absolute atomic E-state index is 10.6. The molecular weight excluding hydrogens is 1210 g/mol. The van der Waals surface area contributed by atoms with Crippen molar-refractivity contribution in [1.82, 2.24) is 0 Å². The Hall–Kier alpha value is 0.0413. The van der Waals surface area contributed by atoms with E-state index in [1.54, 1.807) is 0 Å². The molecule has 27 heteroatoms. The monoisotopic (exact) mass is 1250 g/mol. The van der Waals surface area contributed by atoms with Crippen LogP contribution in [0.3, 0.4) is 0 Å². The fraction of sp³-hybridized carbons (Fsp3) is 0.769. The molecular formula is C26H44Lu3N6O18-6. The van der Waals surface area contributed by atoms with Crippen LogP contribution in [0.1, 0.15) is 14.9 Å². The van der Waals surface area contributed by atoms with E-state index in [2.05, 4.69) is 31.9 Å². The Morgan fingerprint density at radius 3 is 0.472 bits per heavy atom. The maximum atomic E-state index is 10.6. The summed E-state index contributed by atoms with van der Waals surface area (Å²) in [5, 5.41) is 134. The Kier molecular flexibility index (Phi) is 36.5. The molecule has 0 amide bonds. The Labute approximate surface area is 391 Å². The van der Waals surface area contributed by atoms with E-state index in [0.717, 1.165) is 0 Å². The van der Waals surface area contributed by atoms with Gasteiger partial charge in [-0.15, -0.1) is 0 Å². The molecule has 0 atom stereocenters. The largest absolute Gasteiger partial charge is 0.646 e. The zero-order valence-electron chi connectivity index (χ0n) is 25.4. The van der Waals surface area contributed by atoms with Crippen molar-refractivity contribution in [3.05, 3.63) is 31.9 Å². The zero-order chi connectivity index (χ0) is 36.9. The standard InChI is InChI=1S/2C12H18N3O9.2CH4.3Lu/c2*16-4(17)1-13-7-10(22)8(14-2-5(18)19)12(24)9(11(7)23)15-3-6(20)21;;;;;/h2*7-12,22-24H,1-3H2,(H,16,17)(H,18,19)(H,20,21);2*1H4;;;/q2*-3;;;;;. The number of aliphatic carboxylic acids is 6. The summed E-state index contributed by atoms with van der Waals surface area (Å²) < 4.78 is 0. The van der Waals surface area contributed by atoms with Crippen molar-refractivity contribution < 1.29 is 201 Å². The first-order valence-electron chi connectivity index (χ1n) is 13.7. The molecule has 0 aromatic carbocycles. The van der Waals surface area contributed by atoms with Gasteiger partial charge in [-0.2, -0.15) is 0 Å². The third-order valence-electron chi connectivity index (χ3n) is 6.82. The van der Waals surface area contributed by atoms with Gasteiger partial charge in [-0.1, -0.05) is 51.1 Å². The number of hydrogen-bond acceptors (Lipinski definition) is 12. The first-order valence-corrected chi connectivity index (χ1v) is 13.7. The molecule has 0 unspecified atom stereocenters. The van der Waals surface area contributed by atoms with Gasteiger partial charge in [-0.3, -0.25) is 28.8 Å². The van der Waals surface area contributed by atoms with Crippen LogP contribution >= 0.6 is 0 Å². The molecule has 337 valence electrons. The number of aliphatic hydroxyl groups excluding tert-OH is 6. The average molecular weight is 1250 g/mol. The molecule has 3 radical (unpaired) electrons. The molecule has 2 aliphatic rings. The van der Waals surface area contributed by atoms with Crippen LogP contribution in [0.15, 0.2) is 0 Å². The Balaban J connectivity index is -0.000000265. The molecule has 0 bridgehead atoms. The fourth-order valence-corrected chi connectivity index (χ4v) is 4.82. The molecule has 2 saturated carbocycles. The van der Waals surface area contributed by atoms with Crippen molar-refractivity contribution in [3.8, 4) is 0 Å². The van der Waals surface area contributed by atoms with Gasteiger partial charge in [-0.25, -0.2) is 0 Å². The van der Waals surface area contributed by atoms with E-state index < -0.39 is 148 Å². The molecule has 0 aromatic heterocycles. The van der Waals surface area contributed by atoms with Crippen molar-refractivity contribution in [3.63, 3.8) is 0 Å². The van der Waals surface area contributed by atoms with Crippen LogP contribution in [0.25, 0.3) is 31.9 Å². The van der Waals surface area contributed by atoms with Crippen molar-refractivity contribution in [2.45, 2.75) is 87.7 Å². The summed E-state index contributed by atoms with van der Waals surface area (Å²) in [6.07, 6.45) is -9.89. The number of nitrogens with zero attached hydrogens (tertiary/aromatic N) is 6. The minimum atomic E-state index is -1.65. The van der Waals surface area contributed by atoms with E-state index in [1.807, 2.05) is 0 Å². The van der Waals surface area contributed by atoms with Crippen molar-refractivity contribution in [2.24, 2.45) is 0 Å². The fourth-order valence-electron chi connectivity index (χ4n) is 4.82. The topological polar surface area (TPSA) is 430 Å². The van der Waals surface area contributed by atoms with Gasteiger partial charge >= 0.3 is 0 Å². The van der Waals surface area contributed by atoms with Crippen LogP contribution in [0.2, 0.25) is 0 Å². The third kappa shape index (κ3) is 21.4. The number of carboxylic acids is 6. The molecule has 0 heterocycles. The molecule has 53 heavy (non-hydrogen) atoms. The Bertz CT molecular complexity index is 895. The van der Waals surface area contributed by atoms with Crippen molar-refractivity contribution in [2.75, 3.05) is 39.3 Å². The van der Waals surface area contributed by atoms with Crippen molar-refractivity contribution >= 4 is 35.8 Å². The Morgan fingerprint density at radius 2 is 0.396 bits per heavy atom. The van der Waals surface area contributed by atoms with E-state index in [0.29, 0.717) is 0 Å². The van der Waals surface area contributed by atoms with Gasteiger partial charge in [0.25, 0.3) is 35.8 Å². The van der Waals surface area contributed by atoms with Crippen LogP contribution in [-0.2, 0) is 28.8 Å². The molecule has 12 N–H and O–H groups in total. The SMILES string of the molecule is C.C.O=C(O)C[N-]C1C(O)C([N-]CC(=O)O)C(O)C([N-]CC(=O)O)C1O.O=C(O)C[N-]C1C(O)C([N-]CC(=O)O)C(O)C([N-]CC(=O)O)C1O.[Lu].[Lu].[Lu]. The average Bonchev–Trinajstić information content (AvgIpc) is 2.96. The molecule has 0 saturated heterocycles. The smallest absolute Gasteiger partial charge is 0.282 e. The Morgan fingerprint density at radius 1 is 0.302 bits per heavy atom. The maximum Gasteiger partial charge on any atom is 0.282 e. The van der Waals surface area contributed by atoms with Gasteiger partial charge in [0.1, 0.15) is 0 Å². The molecule has 0 spiro atoms. The van der Waals surface area contributed by atoms with Gasteiger partial charge in [0, 0.05) is 147 Å². The van der Waals surface area contributed by atoms with E-state index in [4.69, 9.17) is 30.6 Å². The molecule has 2 fully saturated rings. The summed E-state index contributed by atoms with van der Waals surface area (Å²) in [5.41, 5.74) is 0. The van der Waals surface area contributed by atoms with E-state index >= 15 is 0 Å². The molecule has 0 aliphatic heterocycles. The predicted octanol–water partition coefficient (Wildman–Crippen LogP) is -3.60. The normalized spacial score (nSPS) is 30.0. The minimum Gasteiger partial charge on any atom is -0.646 e. The number of aliphatic hydroxyl groups is 6. The van der Waals surface area contributed by atoms with Crippen LogP contribution < -0.4 is 0 Å². The number of rotatable bonds is 18. The second-order valence-corrected chi connectivity index (χ2v) is 10.3. The van der Waals surface area contributed by atoms with E-state index in [-0.39, 0.29) is 125 Å². The molecule has 2 rings (SSSR count). The molecule has 24 nitrogen and oxygen atoms in total. The first kappa shape index (κ1) is 62.2. The minimum absolute atomic E-state index is 0. The number of hydrogen-bond donors (Lipinski definition) is 12. The van der Waals surface area contributed by atoms with Gasteiger partial charge in [0.15, 0.2) is 0 Å². The van der Waals surface area contributed by atoms with Crippen LogP contribution in [0.5, 0.6) is 0 Å². The van der Waals surface area contributed by atoms with Crippen LogP contribution in [0, 0.1) is 111 Å². The van der Waals surface area contributed by atoms with E-state index in [9.17, 15) is 59.4 Å². The quantitative estimate of drug-likeness (QED) is 0.0631. The van der Waals surface area contributed by atoms with Crippen LogP contribution in [0.4, 0.5) is 0 Å². The zero-order valence-corrected chi connectivity index (χ0v) is 30.4. The summed E-state index contributed by atoms with van der Waals surface area (Å²) in [7, 11) is 0. The van der Waals surface area contributed by atoms with Gasteiger partial charge < -0.3 is 93.2 Å². The summed E-state index contributed by atoms with van der Waals surface area (Å²) >= 11 is 0. The second-order valence-electron chi connectivity index (χ2n) is 10.3. The van der Waals surface area contributed by atoms with Crippen LogP contribution in [-0.4, -0.2) is 209 Å². The number of carboxylic acid groups (broad SMARTS) is 6. The van der Waals surface area contributed by atoms with E-state index in [1.165, 1.54) is 0 Å². The van der Waals surface area contributed by atoms with Crippen molar-refractivity contribution in [1.29, 1.82) is 0 Å². The molecule has 2 aliphatic carbocycles. The van der Waals surface area contributed by atoms with Gasteiger partial charge in [0.2, 0.25) is 0 Å².